The maximum Gasteiger partial charge on any atom is 0.0623 e. The molecule has 1 heterocycles. The third kappa shape index (κ3) is 5.80. The van der Waals surface area contributed by atoms with E-state index in [1.54, 1.807) is 7.11 Å². The van der Waals surface area contributed by atoms with E-state index in [0.29, 0.717) is 0 Å². The second kappa shape index (κ2) is 6.72. The molecule has 0 saturated carbocycles. The second-order valence-electron chi connectivity index (χ2n) is 5.12. The van der Waals surface area contributed by atoms with Gasteiger partial charge in [0.25, 0.3) is 0 Å². The van der Waals surface area contributed by atoms with E-state index in [4.69, 9.17) is 10.5 Å². The Morgan fingerprint density at radius 3 is 2.71 bits per heavy atom. The van der Waals surface area contributed by atoms with Crippen molar-refractivity contribution in [2.75, 3.05) is 7.11 Å². The van der Waals surface area contributed by atoms with Gasteiger partial charge in [0.05, 0.1) is 5.60 Å². The number of hydrogen-bond acceptors (Lipinski definition) is 3. The van der Waals surface area contributed by atoms with Crippen molar-refractivity contribution in [1.29, 1.82) is 0 Å². The van der Waals surface area contributed by atoms with Gasteiger partial charge in [0.1, 0.15) is 0 Å². The van der Waals surface area contributed by atoms with Gasteiger partial charge in [-0.3, -0.25) is 4.98 Å². The Balaban J connectivity index is 2.24. The summed E-state index contributed by atoms with van der Waals surface area (Å²) in [5.41, 5.74) is 7.15. The molecule has 17 heavy (non-hydrogen) atoms. The lowest BCUT2D eigenvalue weighted by atomic mass is 9.96. The SMILES string of the molecule is COC(C)(C)CCC(N)CCc1ccccn1. The fourth-order valence-electron chi connectivity index (χ4n) is 1.66. The number of rotatable bonds is 7. The van der Waals surface area contributed by atoms with E-state index in [-0.39, 0.29) is 11.6 Å². The largest absolute Gasteiger partial charge is 0.379 e. The lowest BCUT2D eigenvalue weighted by Gasteiger charge is -2.24. The van der Waals surface area contributed by atoms with E-state index in [1.807, 2.05) is 24.4 Å². The summed E-state index contributed by atoms with van der Waals surface area (Å²) in [5.74, 6) is 0. The Labute approximate surface area is 104 Å². The Bertz CT molecular complexity index is 311. The first-order valence-electron chi connectivity index (χ1n) is 6.24. The molecule has 0 aliphatic rings. The molecule has 1 aromatic rings. The molecule has 0 fully saturated rings. The molecule has 0 aliphatic heterocycles. The standard InChI is InChI=1S/C14H24N2O/c1-14(2,17-3)10-9-12(15)7-8-13-6-4-5-11-16-13/h4-6,11-12H,7-10,15H2,1-3H3. The molecule has 0 bridgehead atoms. The summed E-state index contributed by atoms with van der Waals surface area (Å²) in [4.78, 5) is 4.30. The summed E-state index contributed by atoms with van der Waals surface area (Å²) in [7, 11) is 1.75. The van der Waals surface area contributed by atoms with Gasteiger partial charge in [-0.1, -0.05) is 6.07 Å². The maximum atomic E-state index is 6.10. The first kappa shape index (κ1) is 14.1. The van der Waals surface area contributed by atoms with Gasteiger partial charge in [-0.05, 0) is 51.7 Å². The normalized spacial score (nSPS) is 13.6. The van der Waals surface area contributed by atoms with Crippen molar-refractivity contribution in [3.63, 3.8) is 0 Å². The Morgan fingerprint density at radius 1 is 1.35 bits per heavy atom. The summed E-state index contributed by atoms with van der Waals surface area (Å²) in [6.07, 6.45) is 5.75. The molecule has 96 valence electrons. The van der Waals surface area contributed by atoms with Gasteiger partial charge in [0.2, 0.25) is 0 Å². The van der Waals surface area contributed by atoms with E-state index >= 15 is 0 Å². The van der Waals surface area contributed by atoms with Crippen molar-refractivity contribution in [1.82, 2.24) is 4.98 Å². The molecular formula is C14H24N2O. The first-order chi connectivity index (χ1) is 8.03. The molecule has 0 spiro atoms. The highest BCUT2D eigenvalue weighted by Gasteiger charge is 2.17. The Kier molecular flexibility index (Phi) is 5.59. The smallest absolute Gasteiger partial charge is 0.0623 e. The van der Waals surface area contributed by atoms with Crippen LogP contribution in [-0.4, -0.2) is 23.7 Å². The second-order valence-corrected chi connectivity index (χ2v) is 5.12. The van der Waals surface area contributed by atoms with Crippen LogP contribution in [-0.2, 0) is 11.2 Å². The van der Waals surface area contributed by atoms with Crippen molar-refractivity contribution >= 4 is 0 Å². The molecule has 1 atom stereocenters. The quantitative estimate of drug-likeness (QED) is 0.791. The molecule has 2 N–H and O–H groups in total. The van der Waals surface area contributed by atoms with Gasteiger partial charge in [0.15, 0.2) is 0 Å². The van der Waals surface area contributed by atoms with Crippen molar-refractivity contribution in [3.8, 4) is 0 Å². The third-order valence-corrected chi connectivity index (χ3v) is 3.17. The third-order valence-electron chi connectivity index (χ3n) is 3.17. The summed E-state index contributed by atoms with van der Waals surface area (Å²) in [6, 6.07) is 6.23. The van der Waals surface area contributed by atoms with Crippen molar-refractivity contribution in [2.45, 2.75) is 51.2 Å². The number of hydrogen-bond donors (Lipinski definition) is 1. The number of ether oxygens (including phenoxy) is 1. The number of aryl methyl sites for hydroxylation is 1. The Morgan fingerprint density at radius 2 is 2.12 bits per heavy atom. The molecule has 1 unspecified atom stereocenters. The van der Waals surface area contributed by atoms with Crippen LogP contribution in [0.3, 0.4) is 0 Å². The molecule has 1 rings (SSSR count). The predicted molar refractivity (Wildman–Crippen MR) is 70.9 cm³/mol. The molecule has 3 heteroatoms. The van der Waals surface area contributed by atoms with Gasteiger partial charge >= 0.3 is 0 Å². The maximum absolute atomic E-state index is 6.10. The number of methoxy groups -OCH3 is 1. The van der Waals surface area contributed by atoms with Gasteiger partial charge in [-0.2, -0.15) is 0 Å². The monoisotopic (exact) mass is 236 g/mol. The van der Waals surface area contributed by atoms with Crippen LogP contribution in [0.5, 0.6) is 0 Å². The summed E-state index contributed by atoms with van der Waals surface area (Å²) < 4.78 is 5.38. The average Bonchev–Trinajstić information content (AvgIpc) is 2.35. The summed E-state index contributed by atoms with van der Waals surface area (Å²) >= 11 is 0. The van der Waals surface area contributed by atoms with Crippen LogP contribution in [0.4, 0.5) is 0 Å². The summed E-state index contributed by atoms with van der Waals surface area (Å²) in [6.45, 7) is 4.19. The van der Waals surface area contributed by atoms with Gasteiger partial charge in [-0.15, -0.1) is 0 Å². The van der Waals surface area contributed by atoms with E-state index in [9.17, 15) is 0 Å². The summed E-state index contributed by atoms with van der Waals surface area (Å²) in [5, 5.41) is 0. The highest BCUT2D eigenvalue weighted by Crippen LogP contribution is 2.17. The molecule has 0 amide bonds. The zero-order valence-electron chi connectivity index (χ0n) is 11.1. The first-order valence-corrected chi connectivity index (χ1v) is 6.24. The van der Waals surface area contributed by atoms with Crippen LogP contribution >= 0.6 is 0 Å². The highest BCUT2D eigenvalue weighted by molar-refractivity contribution is 5.03. The van der Waals surface area contributed by atoms with E-state index in [1.165, 1.54) is 0 Å². The van der Waals surface area contributed by atoms with Crippen LogP contribution in [0, 0.1) is 0 Å². The number of pyridine rings is 1. The number of aromatic nitrogens is 1. The Hall–Kier alpha value is -0.930. The zero-order valence-corrected chi connectivity index (χ0v) is 11.1. The van der Waals surface area contributed by atoms with Gasteiger partial charge in [0, 0.05) is 25.0 Å². The van der Waals surface area contributed by atoms with Gasteiger partial charge in [-0.25, -0.2) is 0 Å². The molecule has 0 radical (unpaired) electrons. The van der Waals surface area contributed by atoms with E-state index < -0.39 is 0 Å². The number of nitrogens with two attached hydrogens (primary N) is 1. The predicted octanol–water partition coefficient (Wildman–Crippen LogP) is 2.55. The molecule has 1 aromatic heterocycles. The molecule has 0 saturated heterocycles. The van der Waals surface area contributed by atoms with Crippen LogP contribution in [0.2, 0.25) is 0 Å². The highest BCUT2D eigenvalue weighted by atomic mass is 16.5. The molecule has 0 aliphatic carbocycles. The van der Waals surface area contributed by atoms with Crippen LogP contribution in [0.25, 0.3) is 0 Å². The van der Waals surface area contributed by atoms with E-state index in [2.05, 4.69) is 18.8 Å². The molecular weight excluding hydrogens is 212 g/mol. The van der Waals surface area contributed by atoms with Crippen molar-refractivity contribution < 1.29 is 4.74 Å². The van der Waals surface area contributed by atoms with E-state index in [0.717, 1.165) is 31.4 Å². The lowest BCUT2D eigenvalue weighted by Crippen LogP contribution is -2.28. The minimum atomic E-state index is -0.0668. The van der Waals surface area contributed by atoms with Crippen LogP contribution < -0.4 is 5.73 Å². The topological polar surface area (TPSA) is 48.1 Å². The minimum Gasteiger partial charge on any atom is -0.379 e. The fraction of sp³-hybridized carbons (Fsp3) is 0.643. The molecule has 0 aromatic carbocycles. The number of nitrogens with zero attached hydrogens (tertiary/aromatic N) is 1. The minimum absolute atomic E-state index is 0.0668. The van der Waals surface area contributed by atoms with Crippen LogP contribution in [0.15, 0.2) is 24.4 Å². The van der Waals surface area contributed by atoms with Crippen LogP contribution in [0.1, 0.15) is 38.8 Å². The van der Waals surface area contributed by atoms with Crippen molar-refractivity contribution in [2.24, 2.45) is 5.73 Å². The fourth-order valence-corrected chi connectivity index (χ4v) is 1.66. The van der Waals surface area contributed by atoms with Crippen molar-refractivity contribution in [3.05, 3.63) is 30.1 Å². The average molecular weight is 236 g/mol. The van der Waals surface area contributed by atoms with Gasteiger partial charge < -0.3 is 10.5 Å². The lowest BCUT2D eigenvalue weighted by molar-refractivity contribution is 0.0124. The molecule has 3 nitrogen and oxygen atoms in total. The zero-order chi connectivity index (χ0) is 12.7.